The fourth-order valence-electron chi connectivity index (χ4n) is 5.81. The van der Waals surface area contributed by atoms with E-state index in [2.05, 4.69) is 57.9 Å². The average molecular weight is 538 g/mol. The van der Waals surface area contributed by atoms with Gasteiger partial charge in [0, 0.05) is 24.6 Å². The average Bonchev–Trinajstić information content (AvgIpc) is 3.49. The summed E-state index contributed by atoms with van der Waals surface area (Å²) in [6.07, 6.45) is 4.08. The molecule has 3 aromatic rings. The van der Waals surface area contributed by atoms with Crippen molar-refractivity contribution in [1.82, 2.24) is 35.4 Å². The molecule has 3 unspecified atom stereocenters. The maximum absolute atomic E-state index is 10.1. The van der Waals surface area contributed by atoms with Crippen molar-refractivity contribution in [2.24, 2.45) is 7.05 Å². The Morgan fingerprint density at radius 2 is 2.08 bits per heavy atom. The van der Waals surface area contributed by atoms with E-state index in [1.54, 1.807) is 4.68 Å². The van der Waals surface area contributed by atoms with Crippen LogP contribution in [-0.2, 0) is 11.8 Å². The number of ether oxygens (including phenoxy) is 2. The molecular formula is C28H41N8O3+. The van der Waals surface area contributed by atoms with Gasteiger partial charge in [0.2, 0.25) is 5.88 Å². The molecule has 0 aliphatic carbocycles. The first-order valence-electron chi connectivity index (χ1n) is 13.7. The lowest BCUT2D eigenvalue weighted by Crippen LogP contribution is -3.10. The maximum Gasteiger partial charge on any atom is 0.221 e. The number of nitrogens with zero attached hydrogens (tertiary/aromatic N) is 5. The van der Waals surface area contributed by atoms with Crippen molar-refractivity contribution in [3.63, 3.8) is 0 Å². The highest BCUT2D eigenvalue weighted by atomic mass is 16.5. The molecule has 2 aliphatic heterocycles. The van der Waals surface area contributed by atoms with Crippen molar-refractivity contribution in [2.75, 3.05) is 33.4 Å². The van der Waals surface area contributed by atoms with Gasteiger partial charge in [0.15, 0.2) is 5.72 Å². The molecule has 0 spiro atoms. The van der Waals surface area contributed by atoms with E-state index in [0.29, 0.717) is 19.0 Å². The molecule has 0 amide bonds. The molecule has 5 rings (SSSR count). The van der Waals surface area contributed by atoms with Crippen LogP contribution in [-0.4, -0.2) is 86.3 Å². The van der Waals surface area contributed by atoms with E-state index < -0.39 is 5.72 Å². The van der Waals surface area contributed by atoms with Gasteiger partial charge in [-0.05, 0) is 53.7 Å². The second-order valence-electron chi connectivity index (χ2n) is 11.0. The first-order chi connectivity index (χ1) is 18.6. The van der Waals surface area contributed by atoms with E-state index >= 15 is 0 Å². The van der Waals surface area contributed by atoms with Gasteiger partial charge in [0.05, 0.1) is 53.7 Å². The number of hydrogen-bond acceptors (Lipinski definition) is 8. The predicted octanol–water partition coefficient (Wildman–Crippen LogP) is 1.49. The molecule has 0 fully saturated rings. The highest BCUT2D eigenvalue weighted by molar-refractivity contribution is 5.91. The number of hydrogen-bond donors (Lipinski definition) is 4. The van der Waals surface area contributed by atoms with Crippen LogP contribution in [0.5, 0.6) is 5.88 Å². The van der Waals surface area contributed by atoms with Gasteiger partial charge in [-0.25, -0.2) is 4.68 Å². The monoisotopic (exact) mass is 537 g/mol. The zero-order valence-electron chi connectivity index (χ0n) is 24.2. The normalized spacial score (nSPS) is 25.3. The zero-order chi connectivity index (χ0) is 28.1. The van der Waals surface area contributed by atoms with Crippen LogP contribution in [0, 0.1) is 13.8 Å². The standard InChI is InChI=1S/C28H40N8O3/c1-9-38-28(6)21-10-11-22-20-12-23(29-19(5)26(20)31-30-22)25-18(4)32-35(8)27(25)39-17(3)13-34(7)14-24(21)36(33-28)16(2)15-37/h10-12,16-17,33,37H,9,13-15H2,1-8H3,(H,30,31)/p+1/b11-10+/t16?,17-,28?/m0/s1. The van der Waals surface area contributed by atoms with Crippen molar-refractivity contribution >= 4 is 17.0 Å². The molecule has 4 N–H and O–H groups in total. The number of aliphatic hydroxyl groups is 1. The van der Waals surface area contributed by atoms with Crippen LogP contribution < -0.4 is 15.1 Å². The summed E-state index contributed by atoms with van der Waals surface area (Å²) in [5.74, 6) is 0.705. The van der Waals surface area contributed by atoms with Crippen LogP contribution in [0.4, 0.5) is 0 Å². The van der Waals surface area contributed by atoms with Crippen LogP contribution >= 0.6 is 0 Å². The third-order valence-electron chi connectivity index (χ3n) is 7.59. The molecule has 3 aromatic heterocycles. The minimum Gasteiger partial charge on any atom is -0.468 e. The quantitative estimate of drug-likeness (QED) is 0.396. The summed E-state index contributed by atoms with van der Waals surface area (Å²) >= 11 is 0. The summed E-state index contributed by atoms with van der Waals surface area (Å²) in [7, 11) is 4.07. The fourth-order valence-corrected chi connectivity index (χ4v) is 5.81. The number of H-pyrrole nitrogens is 1. The number of aromatic nitrogens is 5. The van der Waals surface area contributed by atoms with Crippen molar-refractivity contribution in [3.05, 3.63) is 40.5 Å². The number of aryl methyl sites for hydroxylation is 3. The summed E-state index contributed by atoms with van der Waals surface area (Å²) < 4.78 is 14.6. The van der Waals surface area contributed by atoms with Gasteiger partial charge in [0.1, 0.15) is 24.7 Å². The Morgan fingerprint density at radius 1 is 1.31 bits per heavy atom. The van der Waals surface area contributed by atoms with Gasteiger partial charge in [-0.3, -0.25) is 15.1 Å². The topological polar surface area (TPSA) is 118 Å². The lowest BCUT2D eigenvalue weighted by molar-refractivity contribution is -0.878. The predicted molar refractivity (Wildman–Crippen MR) is 150 cm³/mol. The van der Waals surface area contributed by atoms with Crippen LogP contribution in [0.3, 0.4) is 0 Å². The van der Waals surface area contributed by atoms with Crippen LogP contribution in [0.15, 0.2) is 23.4 Å². The molecule has 0 saturated carbocycles. The summed E-state index contributed by atoms with van der Waals surface area (Å²) in [5.41, 5.74) is 9.99. The molecule has 0 aromatic carbocycles. The van der Waals surface area contributed by atoms with E-state index in [1.807, 2.05) is 41.7 Å². The van der Waals surface area contributed by atoms with Crippen LogP contribution in [0.2, 0.25) is 0 Å². The van der Waals surface area contributed by atoms with E-state index in [-0.39, 0.29) is 18.8 Å². The van der Waals surface area contributed by atoms with Crippen molar-refractivity contribution in [1.29, 1.82) is 0 Å². The van der Waals surface area contributed by atoms with E-state index in [0.717, 1.165) is 57.1 Å². The highest BCUT2D eigenvalue weighted by Gasteiger charge is 2.43. The molecule has 2 bridgehead atoms. The number of aromatic amines is 1. The number of hydrazine groups is 1. The Bertz CT molecular complexity index is 1440. The Balaban J connectivity index is 1.73. The smallest absolute Gasteiger partial charge is 0.221 e. The summed E-state index contributed by atoms with van der Waals surface area (Å²) in [4.78, 5) is 6.16. The lowest BCUT2D eigenvalue weighted by atomic mass is 10.0. The molecular weight excluding hydrogens is 496 g/mol. The summed E-state index contributed by atoms with van der Waals surface area (Å²) in [6.45, 7) is 14.1. The SMILES string of the molecule is CCOC1(C)NN(C(C)CO)C2=C1/C=C/c1[nH]nc3c(C)nc(cc13)-c1c(C)nn(C)c1O[C@@H](C)C[NH+](C)C2. The summed E-state index contributed by atoms with van der Waals surface area (Å²) in [5, 5.41) is 25.6. The largest absolute Gasteiger partial charge is 0.468 e. The Labute approximate surface area is 229 Å². The number of likely N-dealkylation sites (N-methyl/N-ethyl adjacent to an activating group) is 1. The highest BCUT2D eigenvalue weighted by Crippen LogP contribution is 2.36. The Kier molecular flexibility index (Phi) is 7.27. The number of quaternary nitrogens is 1. The van der Waals surface area contributed by atoms with E-state index in [4.69, 9.17) is 14.5 Å². The number of pyridine rings is 1. The van der Waals surface area contributed by atoms with Crippen molar-refractivity contribution in [3.8, 4) is 17.1 Å². The number of rotatable bonds is 4. The van der Waals surface area contributed by atoms with Crippen LogP contribution in [0.1, 0.15) is 44.8 Å². The molecule has 0 radical (unpaired) electrons. The van der Waals surface area contributed by atoms with Crippen molar-refractivity contribution in [2.45, 2.75) is 59.4 Å². The number of nitrogens with one attached hydrogen (secondary N) is 3. The van der Waals surface area contributed by atoms with Gasteiger partial charge in [-0.15, -0.1) is 0 Å². The minimum absolute atomic E-state index is 0.0110. The molecule has 4 atom stereocenters. The molecule has 11 nitrogen and oxygen atoms in total. The van der Waals surface area contributed by atoms with Gasteiger partial charge in [-0.1, -0.05) is 6.08 Å². The van der Waals surface area contributed by atoms with Gasteiger partial charge in [-0.2, -0.15) is 15.6 Å². The van der Waals surface area contributed by atoms with Gasteiger partial charge >= 0.3 is 0 Å². The first kappa shape index (κ1) is 27.3. The third-order valence-corrected chi connectivity index (χ3v) is 7.59. The maximum atomic E-state index is 10.1. The zero-order valence-corrected chi connectivity index (χ0v) is 24.2. The fraction of sp³-hybridized carbons (Fsp3) is 0.536. The molecule has 5 heterocycles. The lowest BCUT2D eigenvalue weighted by Gasteiger charge is -2.33. The third kappa shape index (κ3) is 4.84. The van der Waals surface area contributed by atoms with Crippen LogP contribution in [0.25, 0.3) is 28.2 Å². The molecule has 210 valence electrons. The molecule has 11 heteroatoms. The van der Waals surface area contributed by atoms with Gasteiger partial charge < -0.3 is 19.5 Å². The Hall–Kier alpha value is -3.25. The number of aliphatic hydroxyl groups excluding tert-OH is 1. The summed E-state index contributed by atoms with van der Waals surface area (Å²) in [6, 6.07) is 1.92. The van der Waals surface area contributed by atoms with E-state index in [1.165, 1.54) is 4.90 Å². The van der Waals surface area contributed by atoms with E-state index in [9.17, 15) is 5.11 Å². The van der Waals surface area contributed by atoms with Crippen molar-refractivity contribution < 1.29 is 19.5 Å². The molecule has 39 heavy (non-hydrogen) atoms. The second-order valence-corrected chi connectivity index (χ2v) is 11.0. The minimum atomic E-state index is -0.752. The Morgan fingerprint density at radius 3 is 2.79 bits per heavy atom. The molecule has 0 saturated heterocycles. The second kappa shape index (κ2) is 10.4. The number of fused-ring (bicyclic) bond motifs is 3. The van der Waals surface area contributed by atoms with Gasteiger partial charge in [0.25, 0.3) is 0 Å². The first-order valence-corrected chi connectivity index (χ1v) is 13.7. The molecule has 2 aliphatic rings.